The Hall–Kier alpha value is -3.26. The average Bonchev–Trinajstić information content (AvgIpc) is 3.44. The molecule has 8 nitrogen and oxygen atoms in total. The highest BCUT2D eigenvalue weighted by molar-refractivity contribution is 6.11. The lowest BCUT2D eigenvalue weighted by molar-refractivity contribution is -0.141. The van der Waals surface area contributed by atoms with Crippen LogP contribution in [-0.4, -0.2) is 57.0 Å². The lowest BCUT2D eigenvalue weighted by Crippen LogP contribution is -2.34. The van der Waals surface area contributed by atoms with E-state index in [1.54, 1.807) is 18.9 Å². The molecular weight excluding hydrogens is 438 g/mol. The summed E-state index contributed by atoms with van der Waals surface area (Å²) in [4.78, 5) is 28.9. The number of benzene rings is 1. The van der Waals surface area contributed by atoms with Crippen LogP contribution in [0.5, 0.6) is 5.75 Å². The second kappa shape index (κ2) is 10.8. The molecule has 0 fully saturated rings. The van der Waals surface area contributed by atoms with E-state index in [1.165, 1.54) is 0 Å². The van der Waals surface area contributed by atoms with E-state index >= 15 is 0 Å². The summed E-state index contributed by atoms with van der Waals surface area (Å²) in [5.41, 5.74) is 1.73. The first-order valence-corrected chi connectivity index (χ1v) is 11.7. The number of carbonyl (C=O) groups excluding carboxylic acids is 2. The van der Waals surface area contributed by atoms with Gasteiger partial charge in [-0.25, -0.2) is 4.79 Å². The Morgan fingerprint density at radius 2 is 1.94 bits per heavy atom. The second-order valence-electron chi connectivity index (χ2n) is 8.15. The Labute approximate surface area is 199 Å². The maximum atomic E-state index is 13.9. The molecule has 0 saturated carbocycles. The molecule has 2 unspecified atom stereocenters. The molecule has 0 spiro atoms. The van der Waals surface area contributed by atoms with Gasteiger partial charge in [0.1, 0.15) is 11.5 Å². The van der Waals surface area contributed by atoms with Crippen molar-refractivity contribution in [2.24, 2.45) is 11.8 Å². The molecule has 0 aromatic heterocycles. The van der Waals surface area contributed by atoms with Crippen molar-refractivity contribution in [3.8, 4) is 5.75 Å². The minimum atomic E-state index is -0.683. The third kappa shape index (κ3) is 4.68. The van der Waals surface area contributed by atoms with Gasteiger partial charge in [-0.3, -0.25) is 4.79 Å². The number of hydrogen-bond acceptors (Lipinski definition) is 7. The number of methoxy groups -OCH3 is 1. The van der Waals surface area contributed by atoms with Gasteiger partial charge in [0.2, 0.25) is 12.7 Å². The van der Waals surface area contributed by atoms with E-state index in [9.17, 15) is 9.59 Å². The second-order valence-corrected chi connectivity index (χ2v) is 8.15. The Morgan fingerprint density at radius 3 is 2.65 bits per heavy atom. The summed E-state index contributed by atoms with van der Waals surface area (Å²) < 4.78 is 27.3. The summed E-state index contributed by atoms with van der Waals surface area (Å²) in [6.45, 7) is 5.66. The van der Waals surface area contributed by atoms with Gasteiger partial charge in [-0.1, -0.05) is 6.08 Å². The standard InChI is InChI=1S/C26H31NO7/c1-4-31-14-6-13-27-24(17-7-10-19(30-3)11-8-17)23(26(29)32-5-2)22(25(27)28)18-9-12-20-21(15-18)34-16-33-20/h7-12,18,22H,4-6,13-16H2,1-3H3. The summed E-state index contributed by atoms with van der Waals surface area (Å²) >= 11 is 0. The third-order valence-electron chi connectivity index (χ3n) is 6.17. The van der Waals surface area contributed by atoms with E-state index in [0.717, 1.165) is 5.56 Å². The number of esters is 1. The number of carbonyl (C=O) groups is 2. The van der Waals surface area contributed by atoms with Crippen LogP contribution >= 0.6 is 0 Å². The van der Waals surface area contributed by atoms with Crippen molar-refractivity contribution in [1.29, 1.82) is 0 Å². The molecule has 2 atom stereocenters. The van der Waals surface area contributed by atoms with E-state index in [1.807, 2.05) is 43.3 Å². The normalized spacial score (nSPS) is 21.5. The molecule has 4 rings (SSSR count). The molecule has 0 saturated heterocycles. The molecule has 182 valence electrons. The lowest BCUT2D eigenvalue weighted by Gasteiger charge is -2.24. The first kappa shape index (κ1) is 23.9. The Bertz CT molecular complexity index is 1010. The zero-order valence-electron chi connectivity index (χ0n) is 19.9. The molecule has 0 bridgehead atoms. The number of nitrogens with zero attached hydrogens (tertiary/aromatic N) is 1. The Morgan fingerprint density at radius 1 is 1.15 bits per heavy atom. The Kier molecular flexibility index (Phi) is 7.57. The summed E-state index contributed by atoms with van der Waals surface area (Å²) in [5, 5.41) is 0. The van der Waals surface area contributed by atoms with Crippen molar-refractivity contribution in [2.45, 2.75) is 26.7 Å². The van der Waals surface area contributed by atoms with Crippen molar-refractivity contribution in [3.63, 3.8) is 0 Å². The van der Waals surface area contributed by atoms with Gasteiger partial charge in [-0.2, -0.15) is 0 Å². The largest absolute Gasteiger partial charge is 0.497 e. The van der Waals surface area contributed by atoms with Gasteiger partial charge >= 0.3 is 5.97 Å². The van der Waals surface area contributed by atoms with Crippen molar-refractivity contribution in [2.75, 3.05) is 40.3 Å². The van der Waals surface area contributed by atoms with Gasteiger partial charge in [-0.15, -0.1) is 0 Å². The highest BCUT2D eigenvalue weighted by Crippen LogP contribution is 2.45. The van der Waals surface area contributed by atoms with E-state index in [2.05, 4.69) is 0 Å². The molecule has 2 heterocycles. The van der Waals surface area contributed by atoms with Crippen LogP contribution in [-0.2, 0) is 28.5 Å². The fourth-order valence-corrected chi connectivity index (χ4v) is 4.61. The van der Waals surface area contributed by atoms with Crippen LogP contribution in [0.3, 0.4) is 0 Å². The van der Waals surface area contributed by atoms with Crippen LogP contribution in [0.4, 0.5) is 0 Å². The highest BCUT2D eigenvalue weighted by Gasteiger charge is 2.48. The molecular formula is C26H31NO7. The minimum absolute atomic E-state index is 0.122. The van der Waals surface area contributed by atoms with Crippen LogP contribution in [0.15, 0.2) is 53.5 Å². The van der Waals surface area contributed by atoms with Crippen molar-refractivity contribution in [3.05, 3.63) is 59.1 Å². The maximum absolute atomic E-state index is 13.9. The fourth-order valence-electron chi connectivity index (χ4n) is 4.61. The molecule has 1 aliphatic carbocycles. The average molecular weight is 470 g/mol. The first-order chi connectivity index (χ1) is 16.6. The monoisotopic (exact) mass is 469 g/mol. The van der Waals surface area contributed by atoms with Gasteiger partial charge in [0.15, 0.2) is 5.76 Å². The zero-order valence-corrected chi connectivity index (χ0v) is 19.9. The van der Waals surface area contributed by atoms with Crippen molar-refractivity contribution >= 4 is 17.6 Å². The number of amides is 1. The third-order valence-corrected chi connectivity index (χ3v) is 6.17. The SMILES string of the molecule is CCOCCCN1C(=O)C(C2C=CC3=C(C2)OCO3)C(C(=O)OCC)=C1c1ccc(OC)cc1. The topological polar surface area (TPSA) is 83.5 Å². The molecule has 2 aliphatic heterocycles. The smallest absolute Gasteiger partial charge is 0.336 e. The molecule has 0 radical (unpaired) electrons. The first-order valence-electron chi connectivity index (χ1n) is 11.7. The molecule has 1 aromatic rings. The Balaban J connectivity index is 1.76. The number of ether oxygens (including phenoxy) is 5. The van der Waals surface area contributed by atoms with Crippen LogP contribution in [0.2, 0.25) is 0 Å². The molecule has 34 heavy (non-hydrogen) atoms. The van der Waals surface area contributed by atoms with E-state index in [4.69, 9.17) is 23.7 Å². The van der Waals surface area contributed by atoms with Gasteiger partial charge < -0.3 is 28.6 Å². The van der Waals surface area contributed by atoms with Crippen LogP contribution in [0, 0.1) is 11.8 Å². The molecule has 3 aliphatic rings. The molecule has 8 heteroatoms. The lowest BCUT2D eigenvalue weighted by atomic mass is 9.81. The summed E-state index contributed by atoms with van der Waals surface area (Å²) in [5.74, 6) is 0.560. The number of rotatable bonds is 10. The van der Waals surface area contributed by atoms with Crippen LogP contribution < -0.4 is 4.74 Å². The van der Waals surface area contributed by atoms with Crippen LogP contribution in [0.25, 0.3) is 5.70 Å². The van der Waals surface area contributed by atoms with Crippen LogP contribution in [0.1, 0.15) is 32.3 Å². The van der Waals surface area contributed by atoms with Crippen molar-refractivity contribution < 1.29 is 33.3 Å². The summed E-state index contributed by atoms with van der Waals surface area (Å²) in [7, 11) is 1.60. The van der Waals surface area contributed by atoms with Gasteiger partial charge in [0, 0.05) is 32.1 Å². The molecule has 1 aromatic carbocycles. The van der Waals surface area contributed by atoms with E-state index < -0.39 is 11.9 Å². The summed E-state index contributed by atoms with van der Waals surface area (Å²) in [6, 6.07) is 7.37. The van der Waals surface area contributed by atoms with Crippen molar-refractivity contribution in [1.82, 2.24) is 4.90 Å². The van der Waals surface area contributed by atoms with Gasteiger partial charge in [0.05, 0.1) is 30.9 Å². The molecule has 1 amide bonds. The highest BCUT2D eigenvalue weighted by atomic mass is 16.7. The summed E-state index contributed by atoms with van der Waals surface area (Å²) in [6.07, 6.45) is 4.89. The van der Waals surface area contributed by atoms with E-state index in [0.29, 0.717) is 61.1 Å². The molecule has 0 N–H and O–H groups in total. The quantitative estimate of drug-likeness (QED) is 0.382. The zero-order chi connectivity index (χ0) is 24.1. The maximum Gasteiger partial charge on any atom is 0.336 e. The predicted molar refractivity (Wildman–Crippen MR) is 124 cm³/mol. The van der Waals surface area contributed by atoms with Gasteiger partial charge in [-0.05, 0) is 56.2 Å². The number of hydrogen-bond donors (Lipinski definition) is 0. The van der Waals surface area contributed by atoms with Gasteiger partial charge in [0.25, 0.3) is 0 Å². The van der Waals surface area contributed by atoms with E-state index in [-0.39, 0.29) is 25.2 Å². The predicted octanol–water partition coefficient (Wildman–Crippen LogP) is 3.65. The number of allylic oxidation sites excluding steroid dienone is 3. The fraction of sp³-hybridized carbons (Fsp3) is 0.462. The minimum Gasteiger partial charge on any atom is -0.497 e.